The highest BCUT2D eigenvalue weighted by atomic mass is 16.4. The lowest BCUT2D eigenvalue weighted by Crippen LogP contribution is -2.05. The van der Waals surface area contributed by atoms with Crippen LogP contribution >= 0.6 is 0 Å². The lowest BCUT2D eigenvalue weighted by Gasteiger charge is -2.11. The van der Waals surface area contributed by atoms with Gasteiger partial charge in [-0.1, -0.05) is 30.2 Å². The SMILES string of the molecule is C#Cc1cccc(C(=O)O)c1-c1ccccc1C(=O)O. The summed E-state index contributed by atoms with van der Waals surface area (Å²) in [6.45, 7) is 0. The number of carboxylic acids is 2. The molecule has 0 saturated heterocycles. The van der Waals surface area contributed by atoms with Gasteiger partial charge in [0.25, 0.3) is 0 Å². The summed E-state index contributed by atoms with van der Waals surface area (Å²) in [4.78, 5) is 22.6. The standard InChI is InChI=1S/C16H10O4/c1-2-10-6-5-9-13(16(19)20)14(10)11-7-3-4-8-12(11)15(17)18/h1,3-9H,(H,17,18)(H,19,20). The summed E-state index contributed by atoms with van der Waals surface area (Å²) in [5.41, 5.74) is 0.886. The second kappa shape index (κ2) is 5.29. The molecular formula is C16H10O4. The summed E-state index contributed by atoms with van der Waals surface area (Å²) < 4.78 is 0. The Morgan fingerprint density at radius 3 is 2.10 bits per heavy atom. The number of benzene rings is 2. The van der Waals surface area contributed by atoms with Crippen molar-refractivity contribution in [3.8, 4) is 23.5 Å². The van der Waals surface area contributed by atoms with E-state index in [2.05, 4.69) is 5.92 Å². The van der Waals surface area contributed by atoms with Crippen molar-refractivity contribution in [2.24, 2.45) is 0 Å². The Hall–Kier alpha value is -3.06. The van der Waals surface area contributed by atoms with Crippen LogP contribution in [0.15, 0.2) is 42.5 Å². The van der Waals surface area contributed by atoms with Crippen LogP contribution in [0.5, 0.6) is 0 Å². The highest BCUT2D eigenvalue weighted by molar-refractivity contribution is 6.03. The minimum absolute atomic E-state index is 0.0118. The zero-order valence-corrected chi connectivity index (χ0v) is 10.3. The van der Waals surface area contributed by atoms with E-state index in [-0.39, 0.29) is 16.7 Å². The fourth-order valence-corrected chi connectivity index (χ4v) is 2.03. The molecule has 0 radical (unpaired) electrons. The number of carbonyl (C=O) groups is 2. The molecular weight excluding hydrogens is 256 g/mol. The van der Waals surface area contributed by atoms with Gasteiger partial charge in [0.15, 0.2) is 0 Å². The Bertz CT molecular complexity index is 738. The summed E-state index contributed by atoms with van der Waals surface area (Å²) in [6.07, 6.45) is 5.39. The first-order chi connectivity index (χ1) is 9.56. The molecule has 0 aliphatic rings. The van der Waals surface area contributed by atoms with Crippen LogP contribution in [0.1, 0.15) is 26.3 Å². The molecule has 0 spiro atoms. The minimum atomic E-state index is -1.16. The molecule has 0 atom stereocenters. The van der Waals surface area contributed by atoms with Gasteiger partial charge in [-0.05, 0) is 23.8 Å². The van der Waals surface area contributed by atoms with Gasteiger partial charge in [-0.15, -0.1) is 6.42 Å². The third-order valence-corrected chi connectivity index (χ3v) is 2.88. The van der Waals surface area contributed by atoms with Gasteiger partial charge in [0.1, 0.15) is 0 Å². The van der Waals surface area contributed by atoms with Gasteiger partial charge in [0.05, 0.1) is 11.1 Å². The van der Waals surface area contributed by atoms with Crippen LogP contribution < -0.4 is 0 Å². The molecule has 20 heavy (non-hydrogen) atoms. The molecule has 98 valence electrons. The molecule has 2 rings (SSSR count). The number of terminal acetylenes is 1. The van der Waals surface area contributed by atoms with Gasteiger partial charge in [-0.25, -0.2) is 9.59 Å². The molecule has 0 aliphatic heterocycles. The zero-order valence-electron chi connectivity index (χ0n) is 10.3. The van der Waals surface area contributed by atoms with Crippen LogP contribution in [0.3, 0.4) is 0 Å². The van der Waals surface area contributed by atoms with Crippen molar-refractivity contribution < 1.29 is 19.8 Å². The van der Waals surface area contributed by atoms with Gasteiger partial charge in [0.2, 0.25) is 0 Å². The lowest BCUT2D eigenvalue weighted by molar-refractivity contribution is 0.0684. The number of carboxylic acid groups (broad SMARTS) is 2. The largest absolute Gasteiger partial charge is 0.478 e. The minimum Gasteiger partial charge on any atom is -0.478 e. The number of rotatable bonds is 3. The van der Waals surface area contributed by atoms with E-state index in [9.17, 15) is 19.8 Å². The Labute approximate surface area is 115 Å². The van der Waals surface area contributed by atoms with Crippen molar-refractivity contribution in [1.82, 2.24) is 0 Å². The first kappa shape index (κ1) is 13.4. The van der Waals surface area contributed by atoms with Gasteiger partial charge in [0, 0.05) is 11.1 Å². The highest BCUT2D eigenvalue weighted by Gasteiger charge is 2.19. The second-order valence-electron chi connectivity index (χ2n) is 4.03. The lowest BCUT2D eigenvalue weighted by atomic mass is 9.91. The maximum atomic E-state index is 11.3. The van der Waals surface area contributed by atoms with Gasteiger partial charge in [-0.2, -0.15) is 0 Å². The van der Waals surface area contributed by atoms with Crippen molar-refractivity contribution in [3.63, 3.8) is 0 Å². The van der Waals surface area contributed by atoms with Crippen molar-refractivity contribution in [2.45, 2.75) is 0 Å². The van der Waals surface area contributed by atoms with Crippen molar-refractivity contribution in [2.75, 3.05) is 0 Å². The molecule has 2 aromatic rings. The van der Waals surface area contributed by atoms with E-state index in [1.165, 1.54) is 18.2 Å². The van der Waals surface area contributed by atoms with Crippen LogP contribution in [-0.4, -0.2) is 22.2 Å². The first-order valence-corrected chi connectivity index (χ1v) is 5.72. The van der Waals surface area contributed by atoms with E-state index in [0.717, 1.165) is 0 Å². The van der Waals surface area contributed by atoms with E-state index >= 15 is 0 Å². The molecule has 0 heterocycles. The van der Waals surface area contributed by atoms with Gasteiger partial charge >= 0.3 is 11.9 Å². The average Bonchev–Trinajstić information content (AvgIpc) is 2.46. The smallest absolute Gasteiger partial charge is 0.336 e. The van der Waals surface area contributed by atoms with Crippen LogP contribution in [0.4, 0.5) is 0 Å². The Morgan fingerprint density at radius 1 is 0.900 bits per heavy atom. The summed E-state index contributed by atoms with van der Waals surface area (Å²) >= 11 is 0. The van der Waals surface area contributed by atoms with Crippen LogP contribution in [0.25, 0.3) is 11.1 Å². The summed E-state index contributed by atoms with van der Waals surface area (Å²) in [6, 6.07) is 10.7. The molecule has 0 bridgehead atoms. The molecule has 0 amide bonds. The predicted molar refractivity (Wildman–Crippen MR) is 73.7 cm³/mol. The van der Waals surface area contributed by atoms with Crippen molar-refractivity contribution in [1.29, 1.82) is 0 Å². The quantitative estimate of drug-likeness (QED) is 0.838. The monoisotopic (exact) mass is 266 g/mol. The molecule has 2 aromatic carbocycles. The number of hydrogen-bond donors (Lipinski definition) is 2. The first-order valence-electron chi connectivity index (χ1n) is 5.72. The highest BCUT2D eigenvalue weighted by Crippen LogP contribution is 2.30. The maximum absolute atomic E-state index is 11.3. The van der Waals surface area contributed by atoms with Crippen LogP contribution in [-0.2, 0) is 0 Å². The maximum Gasteiger partial charge on any atom is 0.336 e. The fraction of sp³-hybridized carbons (Fsp3) is 0. The molecule has 0 saturated carbocycles. The molecule has 2 N–H and O–H groups in total. The average molecular weight is 266 g/mol. The molecule has 0 fully saturated rings. The normalized spacial score (nSPS) is 9.75. The summed E-state index contributed by atoms with van der Waals surface area (Å²) in [5.74, 6) is 0.109. The van der Waals surface area contributed by atoms with E-state index in [1.807, 2.05) is 0 Å². The van der Waals surface area contributed by atoms with Gasteiger partial charge in [-0.3, -0.25) is 0 Å². The Balaban J connectivity index is 2.86. The zero-order chi connectivity index (χ0) is 14.7. The van der Waals surface area contributed by atoms with E-state index in [0.29, 0.717) is 11.1 Å². The third kappa shape index (κ3) is 2.25. The number of aromatic carboxylic acids is 2. The van der Waals surface area contributed by atoms with Crippen LogP contribution in [0.2, 0.25) is 0 Å². The van der Waals surface area contributed by atoms with E-state index in [1.54, 1.807) is 24.3 Å². The molecule has 4 heteroatoms. The summed E-state index contributed by atoms with van der Waals surface area (Å²) in [7, 11) is 0. The molecule has 0 unspecified atom stereocenters. The Kier molecular flexibility index (Phi) is 3.54. The van der Waals surface area contributed by atoms with Crippen LogP contribution in [0, 0.1) is 12.3 Å². The summed E-state index contributed by atoms with van der Waals surface area (Å²) in [5, 5.41) is 18.5. The topological polar surface area (TPSA) is 74.6 Å². The van der Waals surface area contributed by atoms with E-state index in [4.69, 9.17) is 6.42 Å². The fourth-order valence-electron chi connectivity index (χ4n) is 2.03. The second-order valence-corrected chi connectivity index (χ2v) is 4.03. The van der Waals surface area contributed by atoms with Crippen molar-refractivity contribution >= 4 is 11.9 Å². The third-order valence-electron chi connectivity index (χ3n) is 2.88. The number of hydrogen-bond acceptors (Lipinski definition) is 2. The Morgan fingerprint density at radius 2 is 1.50 bits per heavy atom. The predicted octanol–water partition coefficient (Wildman–Crippen LogP) is 2.73. The molecule has 0 aromatic heterocycles. The molecule has 0 aliphatic carbocycles. The van der Waals surface area contributed by atoms with Gasteiger partial charge < -0.3 is 10.2 Å². The molecule has 4 nitrogen and oxygen atoms in total. The van der Waals surface area contributed by atoms with Crippen molar-refractivity contribution in [3.05, 3.63) is 59.2 Å². The van der Waals surface area contributed by atoms with E-state index < -0.39 is 11.9 Å².